The standard InChI is InChI=1S/C16H25BrFN3/c1-20(2)16(7-4-8-16)11-21(3)15(10-19)13-9-12(18)5-6-14(13)17/h5-6,9,15H,4,7-8,10-11,19H2,1-3H3. The Morgan fingerprint density at radius 3 is 2.48 bits per heavy atom. The molecule has 21 heavy (non-hydrogen) atoms. The summed E-state index contributed by atoms with van der Waals surface area (Å²) >= 11 is 3.52. The molecule has 0 bridgehead atoms. The molecule has 3 nitrogen and oxygen atoms in total. The van der Waals surface area contributed by atoms with Gasteiger partial charge < -0.3 is 10.6 Å². The Hall–Kier alpha value is -0.490. The molecule has 1 aromatic rings. The lowest BCUT2D eigenvalue weighted by Crippen LogP contribution is -2.57. The highest BCUT2D eigenvalue weighted by molar-refractivity contribution is 9.10. The van der Waals surface area contributed by atoms with Crippen molar-refractivity contribution in [3.05, 3.63) is 34.1 Å². The van der Waals surface area contributed by atoms with E-state index < -0.39 is 0 Å². The molecule has 1 atom stereocenters. The Kier molecular flexibility index (Phi) is 5.41. The average Bonchev–Trinajstić information content (AvgIpc) is 2.38. The second kappa shape index (κ2) is 6.73. The van der Waals surface area contributed by atoms with Gasteiger partial charge in [-0.1, -0.05) is 15.9 Å². The van der Waals surface area contributed by atoms with E-state index in [9.17, 15) is 4.39 Å². The van der Waals surface area contributed by atoms with Crippen LogP contribution in [0, 0.1) is 5.82 Å². The summed E-state index contributed by atoms with van der Waals surface area (Å²) in [6.45, 7) is 1.42. The molecule has 1 saturated carbocycles. The Balaban J connectivity index is 2.19. The van der Waals surface area contributed by atoms with Gasteiger partial charge in [-0.25, -0.2) is 4.39 Å². The van der Waals surface area contributed by atoms with Crippen LogP contribution in [0.15, 0.2) is 22.7 Å². The van der Waals surface area contributed by atoms with E-state index in [1.54, 1.807) is 12.1 Å². The van der Waals surface area contributed by atoms with Crippen molar-refractivity contribution >= 4 is 15.9 Å². The van der Waals surface area contributed by atoms with Crippen LogP contribution in [0.25, 0.3) is 0 Å². The highest BCUT2D eigenvalue weighted by Gasteiger charge is 2.40. The van der Waals surface area contributed by atoms with E-state index in [0.717, 1.165) is 16.6 Å². The molecule has 1 aliphatic carbocycles. The van der Waals surface area contributed by atoms with Gasteiger partial charge in [-0.3, -0.25) is 4.90 Å². The number of nitrogens with zero attached hydrogens (tertiary/aromatic N) is 2. The number of hydrogen-bond acceptors (Lipinski definition) is 3. The molecule has 1 fully saturated rings. The summed E-state index contributed by atoms with van der Waals surface area (Å²) in [5.74, 6) is -0.217. The third-order valence-electron chi connectivity index (χ3n) is 4.85. The van der Waals surface area contributed by atoms with Gasteiger partial charge in [-0.15, -0.1) is 0 Å². The maximum atomic E-state index is 13.6. The molecule has 2 N–H and O–H groups in total. The van der Waals surface area contributed by atoms with E-state index in [1.807, 2.05) is 0 Å². The molecule has 1 aromatic carbocycles. The lowest BCUT2D eigenvalue weighted by Gasteiger charge is -2.50. The Morgan fingerprint density at radius 1 is 1.33 bits per heavy atom. The molecule has 118 valence electrons. The maximum absolute atomic E-state index is 13.6. The maximum Gasteiger partial charge on any atom is 0.123 e. The number of benzene rings is 1. The van der Waals surface area contributed by atoms with Crippen molar-refractivity contribution in [2.75, 3.05) is 34.2 Å². The fourth-order valence-electron chi connectivity index (χ4n) is 3.22. The largest absolute Gasteiger partial charge is 0.329 e. The van der Waals surface area contributed by atoms with Gasteiger partial charge in [0.05, 0.1) is 0 Å². The summed E-state index contributed by atoms with van der Waals surface area (Å²) in [5.41, 5.74) is 7.14. The lowest BCUT2D eigenvalue weighted by atomic mass is 9.75. The quantitative estimate of drug-likeness (QED) is 0.849. The summed E-state index contributed by atoms with van der Waals surface area (Å²) in [6, 6.07) is 4.83. The topological polar surface area (TPSA) is 32.5 Å². The first-order valence-electron chi connectivity index (χ1n) is 7.42. The molecule has 2 rings (SSSR count). The summed E-state index contributed by atoms with van der Waals surface area (Å²) in [6.07, 6.45) is 3.71. The van der Waals surface area contributed by atoms with Gasteiger partial charge in [-0.2, -0.15) is 0 Å². The molecule has 1 aliphatic rings. The molecule has 0 radical (unpaired) electrons. The van der Waals surface area contributed by atoms with E-state index in [2.05, 4.69) is 46.9 Å². The number of likely N-dealkylation sites (N-methyl/N-ethyl adjacent to an activating group) is 2. The number of hydrogen-bond donors (Lipinski definition) is 1. The molecule has 0 aliphatic heterocycles. The van der Waals surface area contributed by atoms with E-state index in [0.29, 0.717) is 6.54 Å². The molecule has 0 saturated heterocycles. The second-order valence-electron chi connectivity index (χ2n) is 6.30. The van der Waals surface area contributed by atoms with Crippen molar-refractivity contribution in [3.8, 4) is 0 Å². The van der Waals surface area contributed by atoms with Gasteiger partial charge in [0.25, 0.3) is 0 Å². The van der Waals surface area contributed by atoms with Crippen molar-refractivity contribution in [2.24, 2.45) is 5.73 Å². The van der Waals surface area contributed by atoms with Crippen molar-refractivity contribution < 1.29 is 4.39 Å². The van der Waals surface area contributed by atoms with Gasteiger partial charge >= 0.3 is 0 Å². The highest BCUT2D eigenvalue weighted by atomic mass is 79.9. The predicted octanol–water partition coefficient (Wildman–Crippen LogP) is 3.00. The smallest absolute Gasteiger partial charge is 0.123 e. The molecular weight excluding hydrogens is 333 g/mol. The minimum atomic E-state index is -0.217. The van der Waals surface area contributed by atoms with Crippen LogP contribution in [0.2, 0.25) is 0 Å². The average molecular weight is 358 g/mol. The van der Waals surface area contributed by atoms with Crippen LogP contribution < -0.4 is 5.73 Å². The van der Waals surface area contributed by atoms with Crippen LogP contribution >= 0.6 is 15.9 Å². The zero-order valence-electron chi connectivity index (χ0n) is 13.1. The number of nitrogens with two attached hydrogens (primary N) is 1. The van der Waals surface area contributed by atoms with Crippen LogP contribution in [0.4, 0.5) is 4.39 Å². The fraction of sp³-hybridized carbons (Fsp3) is 0.625. The minimum absolute atomic E-state index is 0.0208. The monoisotopic (exact) mass is 357 g/mol. The summed E-state index contributed by atoms with van der Waals surface area (Å²) in [5, 5.41) is 0. The van der Waals surface area contributed by atoms with E-state index in [4.69, 9.17) is 5.73 Å². The molecular formula is C16H25BrFN3. The van der Waals surface area contributed by atoms with Crippen LogP contribution in [-0.2, 0) is 0 Å². The summed E-state index contributed by atoms with van der Waals surface area (Å²) < 4.78 is 14.5. The SMILES string of the molecule is CN(CC1(N(C)C)CCC1)C(CN)c1cc(F)ccc1Br. The van der Waals surface area contributed by atoms with Gasteiger partial charge in [0.15, 0.2) is 0 Å². The predicted molar refractivity (Wildman–Crippen MR) is 88.8 cm³/mol. The Bertz CT molecular complexity index is 488. The van der Waals surface area contributed by atoms with Crippen molar-refractivity contribution in [1.29, 1.82) is 0 Å². The molecule has 0 spiro atoms. The second-order valence-corrected chi connectivity index (χ2v) is 7.16. The van der Waals surface area contributed by atoms with E-state index in [-0.39, 0.29) is 17.4 Å². The molecule has 5 heteroatoms. The Morgan fingerprint density at radius 2 is 2.00 bits per heavy atom. The highest BCUT2D eigenvalue weighted by Crippen LogP contribution is 2.38. The Labute approximate surface area is 135 Å². The lowest BCUT2D eigenvalue weighted by molar-refractivity contribution is 0.0167. The van der Waals surface area contributed by atoms with Gasteiger partial charge in [0, 0.05) is 29.1 Å². The zero-order chi connectivity index (χ0) is 15.6. The number of halogens is 2. The minimum Gasteiger partial charge on any atom is -0.329 e. The van der Waals surface area contributed by atoms with Crippen LogP contribution in [-0.4, -0.2) is 49.6 Å². The number of rotatable bonds is 6. The molecule has 0 heterocycles. The van der Waals surface area contributed by atoms with E-state index in [1.165, 1.54) is 25.3 Å². The third kappa shape index (κ3) is 3.47. The van der Waals surface area contributed by atoms with Crippen molar-refractivity contribution in [3.63, 3.8) is 0 Å². The van der Waals surface area contributed by atoms with Gasteiger partial charge in [0.2, 0.25) is 0 Å². The van der Waals surface area contributed by atoms with E-state index >= 15 is 0 Å². The van der Waals surface area contributed by atoms with Crippen LogP contribution in [0.1, 0.15) is 30.9 Å². The molecule has 0 aromatic heterocycles. The normalized spacial score (nSPS) is 18.9. The van der Waals surface area contributed by atoms with Crippen LogP contribution in [0.3, 0.4) is 0 Å². The first kappa shape index (κ1) is 16.9. The summed E-state index contributed by atoms with van der Waals surface area (Å²) in [7, 11) is 6.36. The van der Waals surface area contributed by atoms with Gasteiger partial charge in [-0.05, 0) is 64.2 Å². The van der Waals surface area contributed by atoms with Crippen molar-refractivity contribution in [2.45, 2.75) is 30.8 Å². The van der Waals surface area contributed by atoms with Gasteiger partial charge in [0.1, 0.15) is 5.82 Å². The zero-order valence-corrected chi connectivity index (χ0v) is 14.7. The fourth-order valence-corrected chi connectivity index (χ4v) is 3.73. The molecule has 1 unspecified atom stereocenters. The first-order chi connectivity index (χ1) is 9.89. The third-order valence-corrected chi connectivity index (χ3v) is 5.57. The molecule has 0 amide bonds. The van der Waals surface area contributed by atoms with Crippen molar-refractivity contribution in [1.82, 2.24) is 9.80 Å². The first-order valence-corrected chi connectivity index (χ1v) is 8.21. The summed E-state index contributed by atoms with van der Waals surface area (Å²) in [4.78, 5) is 4.58. The van der Waals surface area contributed by atoms with Crippen LogP contribution in [0.5, 0.6) is 0 Å².